The molecular weight excluding hydrogens is 434 g/mol. The van der Waals surface area contributed by atoms with Gasteiger partial charge in [-0.05, 0) is 66.4 Å². The van der Waals surface area contributed by atoms with Gasteiger partial charge in [-0.15, -0.1) is 11.8 Å². The SMILES string of the molecule is C[C@@H]1CCN(CCOc2cccc(-c3c(O)cccc3[C@@H]3COc4ccc(O)cc4S3)c2)C1. The molecule has 1 saturated heterocycles. The first-order valence-corrected chi connectivity index (χ1v) is 12.3. The van der Waals surface area contributed by atoms with Gasteiger partial charge >= 0.3 is 0 Å². The van der Waals surface area contributed by atoms with Crippen LogP contribution in [0, 0.1) is 5.92 Å². The van der Waals surface area contributed by atoms with Crippen LogP contribution in [0.5, 0.6) is 23.0 Å². The van der Waals surface area contributed by atoms with Crippen LogP contribution < -0.4 is 9.47 Å². The van der Waals surface area contributed by atoms with Gasteiger partial charge in [-0.1, -0.05) is 31.2 Å². The van der Waals surface area contributed by atoms with E-state index in [0.29, 0.717) is 13.2 Å². The maximum Gasteiger partial charge on any atom is 0.133 e. The van der Waals surface area contributed by atoms with Crippen molar-refractivity contribution in [2.75, 3.05) is 32.8 Å². The highest BCUT2D eigenvalue weighted by atomic mass is 32.2. The highest BCUT2D eigenvalue weighted by Gasteiger charge is 2.26. The van der Waals surface area contributed by atoms with Gasteiger partial charge in [-0.2, -0.15) is 0 Å². The Kier molecular flexibility index (Phi) is 6.38. The largest absolute Gasteiger partial charge is 0.508 e. The number of likely N-dealkylation sites (tertiary alicyclic amines) is 1. The van der Waals surface area contributed by atoms with Crippen molar-refractivity contribution in [1.29, 1.82) is 0 Å². The molecule has 0 saturated carbocycles. The summed E-state index contributed by atoms with van der Waals surface area (Å²) in [5.74, 6) is 2.80. The van der Waals surface area contributed by atoms with Crippen LogP contribution in [0.25, 0.3) is 11.1 Å². The van der Waals surface area contributed by atoms with E-state index in [0.717, 1.165) is 58.6 Å². The fraction of sp³-hybridized carbons (Fsp3) is 0.333. The van der Waals surface area contributed by atoms with E-state index in [-0.39, 0.29) is 16.7 Å². The average molecular weight is 464 g/mol. The molecular formula is C27H29NO4S. The third kappa shape index (κ3) is 4.92. The first-order valence-electron chi connectivity index (χ1n) is 11.5. The molecule has 3 aromatic carbocycles. The molecule has 0 bridgehead atoms. The van der Waals surface area contributed by atoms with Crippen molar-refractivity contribution in [3.63, 3.8) is 0 Å². The summed E-state index contributed by atoms with van der Waals surface area (Å²) < 4.78 is 12.0. The number of phenols is 2. The number of ether oxygens (including phenoxy) is 2. The van der Waals surface area contributed by atoms with E-state index in [2.05, 4.69) is 11.8 Å². The van der Waals surface area contributed by atoms with E-state index in [1.807, 2.05) is 36.4 Å². The van der Waals surface area contributed by atoms with Crippen molar-refractivity contribution in [3.8, 4) is 34.1 Å². The molecule has 0 spiro atoms. The molecule has 6 heteroatoms. The van der Waals surface area contributed by atoms with Crippen LogP contribution in [-0.2, 0) is 0 Å². The minimum absolute atomic E-state index is 0.0110. The normalized spacial score (nSPS) is 20.3. The van der Waals surface area contributed by atoms with Crippen LogP contribution in [0.4, 0.5) is 0 Å². The van der Waals surface area contributed by atoms with Crippen LogP contribution in [0.15, 0.2) is 65.6 Å². The smallest absolute Gasteiger partial charge is 0.133 e. The second kappa shape index (κ2) is 9.57. The lowest BCUT2D eigenvalue weighted by Gasteiger charge is -2.27. The van der Waals surface area contributed by atoms with Gasteiger partial charge in [0.2, 0.25) is 0 Å². The van der Waals surface area contributed by atoms with Gasteiger partial charge < -0.3 is 19.7 Å². The summed E-state index contributed by atoms with van der Waals surface area (Å²) in [5.41, 5.74) is 2.70. The van der Waals surface area contributed by atoms with E-state index in [1.165, 1.54) is 6.42 Å². The van der Waals surface area contributed by atoms with Crippen molar-refractivity contribution in [2.24, 2.45) is 5.92 Å². The first kappa shape index (κ1) is 22.0. The number of thioether (sulfide) groups is 1. The summed E-state index contributed by atoms with van der Waals surface area (Å²) in [5, 5.41) is 20.7. The molecule has 172 valence electrons. The summed E-state index contributed by atoms with van der Waals surface area (Å²) in [6.45, 7) is 6.66. The minimum atomic E-state index is -0.0110. The van der Waals surface area contributed by atoms with E-state index >= 15 is 0 Å². The maximum absolute atomic E-state index is 10.8. The number of phenolic OH excluding ortho intramolecular Hbond substituents is 2. The van der Waals surface area contributed by atoms with Gasteiger partial charge in [0.25, 0.3) is 0 Å². The third-order valence-electron chi connectivity index (χ3n) is 6.32. The summed E-state index contributed by atoms with van der Waals surface area (Å²) in [4.78, 5) is 3.35. The predicted molar refractivity (Wildman–Crippen MR) is 131 cm³/mol. The fourth-order valence-electron chi connectivity index (χ4n) is 4.62. The van der Waals surface area contributed by atoms with Gasteiger partial charge in [0.1, 0.15) is 36.2 Å². The Morgan fingerprint density at radius 1 is 1.09 bits per heavy atom. The predicted octanol–water partition coefficient (Wildman–Crippen LogP) is 5.71. The fourth-order valence-corrected chi connectivity index (χ4v) is 5.82. The van der Waals surface area contributed by atoms with Gasteiger partial charge in [0.05, 0.1) is 10.1 Å². The van der Waals surface area contributed by atoms with Crippen molar-refractivity contribution < 1.29 is 19.7 Å². The zero-order valence-electron chi connectivity index (χ0n) is 18.7. The van der Waals surface area contributed by atoms with E-state index in [1.54, 1.807) is 36.0 Å². The van der Waals surface area contributed by atoms with Crippen LogP contribution in [0.1, 0.15) is 24.2 Å². The lowest BCUT2D eigenvalue weighted by atomic mass is 9.96. The highest BCUT2D eigenvalue weighted by Crippen LogP contribution is 2.49. The zero-order valence-corrected chi connectivity index (χ0v) is 19.6. The van der Waals surface area contributed by atoms with E-state index < -0.39 is 0 Å². The molecule has 0 aliphatic carbocycles. The minimum Gasteiger partial charge on any atom is -0.508 e. The van der Waals surface area contributed by atoms with Gasteiger partial charge in [0, 0.05) is 18.7 Å². The maximum atomic E-state index is 10.8. The molecule has 33 heavy (non-hydrogen) atoms. The summed E-state index contributed by atoms with van der Waals surface area (Å²) >= 11 is 1.64. The van der Waals surface area contributed by atoms with Crippen LogP contribution in [0.2, 0.25) is 0 Å². The van der Waals surface area contributed by atoms with Crippen LogP contribution >= 0.6 is 11.8 Å². The van der Waals surface area contributed by atoms with Crippen molar-refractivity contribution >= 4 is 11.8 Å². The van der Waals surface area contributed by atoms with Crippen LogP contribution in [-0.4, -0.2) is 48.0 Å². The second-order valence-electron chi connectivity index (χ2n) is 8.86. The molecule has 2 aliphatic heterocycles. The molecule has 1 fully saturated rings. The van der Waals surface area contributed by atoms with Gasteiger partial charge in [-0.25, -0.2) is 0 Å². The number of rotatable bonds is 6. The standard InChI is InChI=1S/C27H29NO4S/c1-18-10-11-28(16-18)12-13-31-21-5-2-4-19(14-21)27-22(6-3-7-23(27)30)26-17-32-24-9-8-20(29)15-25(24)33-26/h2-9,14-15,18,26,29-30H,10-13,16-17H2,1H3/t18-,26+/m1/s1. The number of benzene rings is 3. The first-order chi connectivity index (χ1) is 16.1. The second-order valence-corrected chi connectivity index (χ2v) is 10.1. The number of nitrogens with zero attached hydrogens (tertiary/aromatic N) is 1. The molecule has 0 unspecified atom stereocenters. The quantitative estimate of drug-likeness (QED) is 0.488. The average Bonchev–Trinajstić information content (AvgIpc) is 3.23. The number of hydrogen-bond donors (Lipinski definition) is 2. The molecule has 0 aromatic heterocycles. The molecule has 3 aromatic rings. The molecule has 2 aliphatic rings. The van der Waals surface area contributed by atoms with Crippen molar-refractivity contribution in [2.45, 2.75) is 23.5 Å². The van der Waals surface area contributed by atoms with Crippen LogP contribution in [0.3, 0.4) is 0 Å². The topological polar surface area (TPSA) is 62.2 Å². The van der Waals surface area contributed by atoms with Gasteiger partial charge in [-0.3, -0.25) is 4.90 Å². The molecule has 5 nitrogen and oxygen atoms in total. The summed E-state index contributed by atoms with van der Waals surface area (Å²) in [7, 11) is 0. The lowest BCUT2D eigenvalue weighted by molar-refractivity contribution is 0.234. The number of hydrogen-bond acceptors (Lipinski definition) is 6. The monoisotopic (exact) mass is 463 g/mol. The highest BCUT2D eigenvalue weighted by molar-refractivity contribution is 7.99. The Morgan fingerprint density at radius 3 is 2.82 bits per heavy atom. The Hall–Kier alpha value is -2.83. The van der Waals surface area contributed by atoms with Crippen molar-refractivity contribution in [3.05, 3.63) is 66.2 Å². The van der Waals surface area contributed by atoms with Gasteiger partial charge in [0.15, 0.2) is 0 Å². The Balaban J connectivity index is 1.36. The van der Waals surface area contributed by atoms with Crippen molar-refractivity contribution in [1.82, 2.24) is 4.90 Å². The summed E-state index contributed by atoms with van der Waals surface area (Å²) in [6, 6.07) is 18.7. The molecule has 2 heterocycles. The number of aromatic hydroxyl groups is 2. The van der Waals surface area contributed by atoms with E-state index in [9.17, 15) is 10.2 Å². The zero-order chi connectivity index (χ0) is 22.8. The molecule has 0 amide bonds. The molecule has 2 atom stereocenters. The Bertz CT molecular complexity index is 1130. The molecule has 5 rings (SSSR count). The summed E-state index contributed by atoms with van der Waals surface area (Å²) in [6.07, 6.45) is 1.26. The third-order valence-corrected chi connectivity index (χ3v) is 7.56. The van der Waals surface area contributed by atoms with E-state index in [4.69, 9.17) is 9.47 Å². The Labute approximate surface area is 199 Å². The lowest BCUT2D eigenvalue weighted by Crippen LogP contribution is -2.25. The number of fused-ring (bicyclic) bond motifs is 1. The molecule has 2 N–H and O–H groups in total. The molecule has 0 radical (unpaired) electrons. The Morgan fingerprint density at radius 2 is 1.97 bits per heavy atom.